The minimum atomic E-state index is -0.832. The topological polar surface area (TPSA) is 55.8 Å². The number of unbranched alkanes of at least 4 members (excludes halogenated alkanes) is 1. The molecule has 0 amide bonds. The van der Waals surface area contributed by atoms with Gasteiger partial charge in [0.25, 0.3) is 0 Å². The first kappa shape index (κ1) is 18.8. The van der Waals surface area contributed by atoms with E-state index in [4.69, 9.17) is 9.47 Å². The Bertz CT molecular complexity index is 709. The van der Waals surface area contributed by atoms with Crippen LogP contribution in [0.5, 0.6) is 11.5 Å². The summed E-state index contributed by atoms with van der Waals surface area (Å²) in [6.45, 7) is 4.72. The fraction of sp³-hybridized carbons (Fsp3) is 0.381. The zero-order valence-corrected chi connectivity index (χ0v) is 15.1. The molecule has 2 aromatic carbocycles. The Labute approximate surface area is 149 Å². The summed E-state index contributed by atoms with van der Waals surface area (Å²) in [6, 6.07) is 13.2. The number of methoxy groups -OCH3 is 1. The summed E-state index contributed by atoms with van der Waals surface area (Å²) in [4.78, 5) is 11.8. The van der Waals surface area contributed by atoms with Crippen LogP contribution in [-0.2, 0) is 11.2 Å². The third-order valence-corrected chi connectivity index (χ3v) is 4.22. The maximum atomic E-state index is 11.8. The summed E-state index contributed by atoms with van der Waals surface area (Å²) >= 11 is 0. The first-order valence-corrected chi connectivity index (χ1v) is 8.64. The van der Waals surface area contributed by atoms with Gasteiger partial charge in [-0.1, -0.05) is 37.6 Å². The van der Waals surface area contributed by atoms with E-state index in [2.05, 4.69) is 6.92 Å². The van der Waals surface area contributed by atoms with Gasteiger partial charge < -0.3 is 14.6 Å². The summed E-state index contributed by atoms with van der Waals surface area (Å²) in [5, 5.41) is 9.69. The summed E-state index contributed by atoms with van der Waals surface area (Å²) in [5.74, 6) is 0.123. The third kappa shape index (κ3) is 5.24. The van der Waals surface area contributed by atoms with E-state index in [9.17, 15) is 9.90 Å². The number of carboxylic acids is 1. The first-order valence-electron chi connectivity index (χ1n) is 8.64. The maximum absolute atomic E-state index is 11.8. The molecule has 0 radical (unpaired) electrons. The van der Waals surface area contributed by atoms with Crippen molar-refractivity contribution in [3.63, 3.8) is 0 Å². The third-order valence-electron chi connectivity index (χ3n) is 4.22. The normalized spacial score (nSPS) is 11.8. The van der Waals surface area contributed by atoms with Gasteiger partial charge in [-0.3, -0.25) is 4.79 Å². The van der Waals surface area contributed by atoms with Gasteiger partial charge in [0.15, 0.2) is 0 Å². The van der Waals surface area contributed by atoms with Crippen molar-refractivity contribution in [2.75, 3.05) is 13.7 Å². The summed E-state index contributed by atoms with van der Waals surface area (Å²) in [5.41, 5.74) is 2.67. The molecule has 2 aromatic rings. The van der Waals surface area contributed by atoms with Crippen molar-refractivity contribution >= 4 is 5.97 Å². The van der Waals surface area contributed by atoms with E-state index in [1.807, 2.05) is 49.4 Å². The quantitative estimate of drug-likeness (QED) is 0.677. The van der Waals surface area contributed by atoms with Gasteiger partial charge in [-0.05, 0) is 54.7 Å². The Balaban J connectivity index is 2.18. The number of benzene rings is 2. The number of hydrogen-bond acceptors (Lipinski definition) is 3. The predicted molar refractivity (Wildman–Crippen MR) is 98.7 cm³/mol. The first-order chi connectivity index (χ1) is 12.0. The van der Waals surface area contributed by atoms with Crippen LogP contribution in [0.2, 0.25) is 0 Å². The number of hydrogen-bond donors (Lipinski definition) is 1. The minimum Gasteiger partial charge on any atom is -0.496 e. The average molecular weight is 342 g/mol. The monoisotopic (exact) mass is 342 g/mol. The molecule has 0 spiro atoms. The van der Waals surface area contributed by atoms with Crippen LogP contribution in [0, 0.1) is 6.92 Å². The lowest BCUT2D eigenvalue weighted by Crippen LogP contribution is -2.15. The zero-order chi connectivity index (χ0) is 18.2. The van der Waals surface area contributed by atoms with Gasteiger partial charge in [0, 0.05) is 0 Å². The number of ether oxygens (including phenoxy) is 2. The smallest absolute Gasteiger partial charge is 0.311 e. The molecule has 0 aliphatic rings. The maximum Gasteiger partial charge on any atom is 0.311 e. The highest BCUT2D eigenvalue weighted by Gasteiger charge is 2.21. The van der Waals surface area contributed by atoms with E-state index in [-0.39, 0.29) is 0 Å². The van der Waals surface area contributed by atoms with Crippen molar-refractivity contribution in [2.24, 2.45) is 0 Å². The van der Waals surface area contributed by atoms with Crippen molar-refractivity contribution in [1.82, 2.24) is 0 Å². The Morgan fingerprint density at radius 2 is 2.00 bits per heavy atom. The fourth-order valence-electron chi connectivity index (χ4n) is 2.80. The van der Waals surface area contributed by atoms with Gasteiger partial charge in [0.2, 0.25) is 0 Å². The second-order valence-electron chi connectivity index (χ2n) is 6.17. The molecule has 0 saturated carbocycles. The molecular weight excluding hydrogens is 316 g/mol. The number of rotatable bonds is 9. The molecule has 1 atom stereocenters. The lowest BCUT2D eigenvalue weighted by molar-refractivity contribution is -0.138. The van der Waals surface area contributed by atoms with E-state index < -0.39 is 11.9 Å². The van der Waals surface area contributed by atoms with E-state index in [0.717, 1.165) is 41.0 Å². The second-order valence-corrected chi connectivity index (χ2v) is 6.17. The van der Waals surface area contributed by atoms with Gasteiger partial charge >= 0.3 is 5.97 Å². The van der Waals surface area contributed by atoms with Crippen molar-refractivity contribution in [2.45, 2.75) is 39.0 Å². The van der Waals surface area contributed by atoms with Crippen LogP contribution < -0.4 is 9.47 Å². The van der Waals surface area contributed by atoms with Crippen LogP contribution in [-0.4, -0.2) is 24.8 Å². The summed E-state index contributed by atoms with van der Waals surface area (Å²) in [6.07, 6.45) is 2.51. The molecule has 0 fully saturated rings. The lowest BCUT2D eigenvalue weighted by atomic mass is 9.91. The lowest BCUT2D eigenvalue weighted by Gasteiger charge is -2.16. The van der Waals surface area contributed by atoms with Crippen molar-refractivity contribution < 1.29 is 19.4 Å². The molecule has 0 aliphatic heterocycles. The highest BCUT2D eigenvalue weighted by atomic mass is 16.5. The molecule has 4 heteroatoms. The van der Waals surface area contributed by atoms with Crippen molar-refractivity contribution in [3.8, 4) is 11.5 Å². The van der Waals surface area contributed by atoms with Crippen LogP contribution >= 0.6 is 0 Å². The van der Waals surface area contributed by atoms with Gasteiger partial charge in [-0.15, -0.1) is 0 Å². The molecule has 1 N–H and O–H groups in total. The second kappa shape index (κ2) is 9.11. The molecule has 2 rings (SSSR count). The number of aliphatic carboxylic acids is 1. The van der Waals surface area contributed by atoms with E-state index in [1.165, 1.54) is 0 Å². The highest BCUT2D eigenvalue weighted by molar-refractivity contribution is 5.76. The van der Waals surface area contributed by atoms with Crippen LogP contribution in [0.1, 0.15) is 42.4 Å². The van der Waals surface area contributed by atoms with E-state index in [1.54, 1.807) is 7.11 Å². The number of carboxylic acid groups (broad SMARTS) is 1. The number of aryl methyl sites for hydroxylation is 1. The Hall–Kier alpha value is -2.49. The van der Waals surface area contributed by atoms with Crippen molar-refractivity contribution in [1.29, 1.82) is 0 Å². The van der Waals surface area contributed by atoms with Gasteiger partial charge in [0.05, 0.1) is 19.6 Å². The van der Waals surface area contributed by atoms with Gasteiger partial charge in [-0.25, -0.2) is 0 Å². The SMILES string of the molecule is CCCCOc1cccc(CC(C(=O)O)c2ccc(OC)c(C)c2)c1. The van der Waals surface area contributed by atoms with Crippen LogP contribution in [0.4, 0.5) is 0 Å². The van der Waals surface area contributed by atoms with Crippen LogP contribution in [0.3, 0.4) is 0 Å². The van der Waals surface area contributed by atoms with Gasteiger partial charge in [0.1, 0.15) is 11.5 Å². The van der Waals surface area contributed by atoms with E-state index >= 15 is 0 Å². The highest BCUT2D eigenvalue weighted by Crippen LogP contribution is 2.27. The summed E-state index contributed by atoms with van der Waals surface area (Å²) in [7, 11) is 1.61. The molecule has 0 heterocycles. The molecule has 0 aromatic heterocycles. The van der Waals surface area contributed by atoms with Crippen molar-refractivity contribution in [3.05, 3.63) is 59.2 Å². The molecule has 4 nitrogen and oxygen atoms in total. The molecule has 1 unspecified atom stereocenters. The Morgan fingerprint density at radius 1 is 1.20 bits per heavy atom. The van der Waals surface area contributed by atoms with Gasteiger partial charge in [-0.2, -0.15) is 0 Å². The Morgan fingerprint density at radius 3 is 2.64 bits per heavy atom. The predicted octanol–water partition coefficient (Wildman–Crippen LogP) is 4.59. The standard InChI is InChI=1S/C21H26O4/c1-4-5-11-25-18-8-6-7-16(13-18)14-19(21(22)23)17-9-10-20(24-3)15(2)12-17/h6-10,12-13,19H,4-5,11,14H2,1-3H3,(H,22,23). The summed E-state index contributed by atoms with van der Waals surface area (Å²) < 4.78 is 11.0. The fourth-order valence-corrected chi connectivity index (χ4v) is 2.80. The molecule has 0 bridgehead atoms. The minimum absolute atomic E-state index is 0.423. The molecular formula is C21H26O4. The van der Waals surface area contributed by atoms with Crippen LogP contribution in [0.15, 0.2) is 42.5 Å². The largest absolute Gasteiger partial charge is 0.496 e. The molecule has 0 saturated heterocycles. The molecule has 134 valence electrons. The molecule has 0 aliphatic carbocycles. The number of carbonyl (C=O) groups is 1. The Kier molecular flexibility index (Phi) is 6.87. The molecule has 25 heavy (non-hydrogen) atoms. The zero-order valence-electron chi connectivity index (χ0n) is 15.1. The average Bonchev–Trinajstić information content (AvgIpc) is 2.60. The van der Waals surface area contributed by atoms with Crippen LogP contribution in [0.25, 0.3) is 0 Å². The van der Waals surface area contributed by atoms with E-state index in [0.29, 0.717) is 13.0 Å².